The SMILES string of the molecule is COCC(C)C1(C(=O)O)COCCC1=O. The maximum absolute atomic E-state index is 11.8. The first-order chi connectivity index (χ1) is 7.05. The Balaban J connectivity index is 2.95. The van der Waals surface area contributed by atoms with Crippen molar-refractivity contribution in [2.45, 2.75) is 13.3 Å². The average Bonchev–Trinajstić information content (AvgIpc) is 2.18. The van der Waals surface area contributed by atoms with Crippen molar-refractivity contribution in [3.8, 4) is 0 Å². The fraction of sp³-hybridized carbons (Fsp3) is 0.800. The third-order valence-electron chi connectivity index (χ3n) is 2.94. The molecule has 0 aromatic heterocycles. The van der Waals surface area contributed by atoms with Gasteiger partial charge >= 0.3 is 5.97 Å². The highest BCUT2D eigenvalue weighted by Gasteiger charge is 2.51. The number of methoxy groups -OCH3 is 1. The highest BCUT2D eigenvalue weighted by molar-refractivity contribution is 6.04. The molecular weight excluding hydrogens is 200 g/mol. The second-order valence-corrected chi connectivity index (χ2v) is 3.86. The summed E-state index contributed by atoms with van der Waals surface area (Å²) in [6.45, 7) is 2.20. The van der Waals surface area contributed by atoms with Crippen LogP contribution in [-0.2, 0) is 19.1 Å². The van der Waals surface area contributed by atoms with Crippen molar-refractivity contribution in [3.63, 3.8) is 0 Å². The Labute approximate surface area is 88.4 Å². The average molecular weight is 216 g/mol. The summed E-state index contributed by atoms with van der Waals surface area (Å²) < 4.78 is 10.0. The van der Waals surface area contributed by atoms with Gasteiger partial charge in [0.05, 0.1) is 19.8 Å². The lowest BCUT2D eigenvalue weighted by Gasteiger charge is -2.36. The van der Waals surface area contributed by atoms with E-state index in [1.807, 2.05) is 0 Å². The number of rotatable bonds is 4. The Morgan fingerprint density at radius 1 is 1.73 bits per heavy atom. The molecule has 1 fully saturated rings. The van der Waals surface area contributed by atoms with Gasteiger partial charge in [0.2, 0.25) is 0 Å². The number of hydrogen-bond acceptors (Lipinski definition) is 4. The summed E-state index contributed by atoms with van der Waals surface area (Å²) in [5, 5.41) is 9.20. The lowest BCUT2D eigenvalue weighted by Crippen LogP contribution is -2.52. The molecule has 0 aromatic carbocycles. The van der Waals surface area contributed by atoms with Gasteiger partial charge in [-0.2, -0.15) is 0 Å². The van der Waals surface area contributed by atoms with Gasteiger partial charge in [0.15, 0.2) is 11.2 Å². The Morgan fingerprint density at radius 2 is 2.40 bits per heavy atom. The molecule has 1 N–H and O–H groups in total. The Kier molecular flexibility index (Phi) is 3.82. The van der Waals surface area contributed by atoms with Gasteiger partial charge in [0.1, 0.15) is 0 Å². The van der Waals surface area contributed by atoms with Crippen LogP contribution in [0.15, 0.2) is 0 Å². The van der Waals surface area contributed by atoms with E-state index in [0.717, 1.165) is 0 Å². The van der Waals surface area contributed by atoms with E-state index in [4.69, 9.17) is 9.47 Å². The third-order valence-corrected chi connectivity index (χ3v) is 2.94. The number of carbonyl (C=O) groups is 2. The van der Waals surface area contributed by atoms with Crippen molar-refractivity contribution >= 4 is 11.8 Å². The van der Waals surface area contributed by atoms with Crippen LogP contribution in [0.25, 0.3) is 0 Å². The monoisotopic (exact) mass is 216 g/mol. The smallest absolute Gasteiger partial charge is 0.319 e. The first kappa shape index (κ1) is 12.1. The number of carboxylic acid groups (broad SMARTS) is 1. The molecule has 5 heteroatoms. The second-order valence-electron chi connectivity index (χ2n) is 3.86. The van der Waals surface area contributed by atoms with E-state index in [1.165, 1.54) is 7.11 Å². The van der Waals surface area contributed by atoms with Crippen molar-refractivity contribution in [1.29, 1.82) is 0 Å². The van der Waals surface area contributed by atoms with Gasteiger partial charge in [-0.25, -0.2) is 0 Å². The summed E-state index contributed by atoms with van der Waals surface area (Å²) in [7, 11) is 1.49. The van der Waals surface area contributed by atoms with Crippen LogP contribution in [-0.4, -0.2) is 43.8 Å². The van der Waals surface area contributed by atoms with Crippen molar-refractivity contribution in [3.05, 3.63) is 0 Å². The molecule has 5 nitrogen and oxygen atoms in total. The van der Waals surface area contributed by atoms with E-state index in [-0.39, 0.29) is 31.3 Å². The van der Waals surface area contributed by atoms with Crippen molar-refractivity contribution in [1.82, 2.24) is 0 Å². The summed E-state index contributed by atoms with van der Waals surface area (Å²) >= 11 is 0. The largest absolute Gasteiger partial charge is 0.480 e. The molecule has 1 rings (SSSR count). The molecule has 0 aliphatic carbocycles. The highest BCUT2D eigenvalue weighted by atomic mass is 16.5. The summed E-state index contributed by atoms with van der Waals surface area (Å²) in [5.41, 5.74) is -1.42. The van der Waals surface area contributed by atoms with Crippen LogP contribution in [0.4, 0.5) is 0 Å². The summed E-state index contributed by atoms with van der Waals surface area (Å²) in [6.07, 6.45) is 0.167. The fourth-order valence-electron chi connectivity index (χ4n) is 1.90. The number of ketones is 1. The zero-order chi connectivity index (χ0) is 11.5. The third kappa shape index (κ3) is 2.03. The summed E-state index contributed by atoms with van der Waals surface area (Å²) in [5.74, 6) is -1.75. The zero-order valence-electron chi connectivity index (χ0n) is 8.99. The predicted octanol–water partition coefficient (Wildman–Crippen LogP) is 0.329. The summed E-state index contributed by atoms with van der Waals surface area (Å²) in [6, 6.07) is 0. The first-order valence-corrected chi connectivity index (χ1v) is 4.89. The van der Waals surface area contributed by atoms with E-state index >= 15 is 0 Å². The molecule has 0 amide bonds. The highest BCUT2D eigenvalue weighted by Crippen LogP contribution is 2.34. The quantitative estimate of drug-likeness (QED) is 0.685. The number of carbonyl (C=O) groups excluding carboxylic acids is 1. The number of carboxylic acids is 1. The Bertz CT molecular complexity index is 263. The molecular formula is C10H16O5. The lowest BCUT2D eigenvalue weighted by molar-refractivity contribution is -0.171. The number of aliphatic carboxylic acids is 1. The molecule has 1 aliphatic heterocycles. The molecule has 0 aromatic rings. The molecule has 1 aliphatic rings. The van der Waals surface area contributed by atoms with Gasteiger partial charge in [-0.15, -0.1) is 0 Å². The molecule has 1 heterocycles. The predicted molar refractivity (Wildman–Crippen MR) is 51.6 cm³/mol. The minimum Gasteiger partial charge on any atom is -0.480 e. The van der Waals surface area contributed by atoms with Gasteiger partial charge in [-0.3, -0.25) is 9.59 Å². The van der Waals surface area contributed by atoms with Crippen molar-refractivity contribution in [2.24, 2.45) is 11.3 Å². The van der Waals surface area contributed by atoms with Gasteiger partial charge in [0.25, 0.3) is 0 Å². The Morgan fingerprint density at radius 3 is 2.87 bits per heavy atom. The van der Waals surface area contributed by atoms with Gasteiger partial charge in [0, 0.05) is 19.4 Å². The van der Waals surface area contributed by atoms with Gasteiger partial charge < -0.3 is 14.6 Å². The van der Waals surface area contributed by atoms with Crippen molar-refractivity contribution < 1.29 is 24.2 Å². The topological polar surface area (TPSA) is 72.8 Å². The fourth-order valence-corrected chi connectivity index (χ4v) is 1.90. The molecule has 2 atom stereocenters. The van der Waals surface area contributed by atoms with E-state index in [0.29, 0.717) is 6.61 Å². The molecule has 0 bridgehead atoms. The van der Waals surface area contributed by atoms with Crippen LogP contribution in [0, 0.1) is 11.3 Å². The molecule has 0 radical (unpaired) electrons. The van der Waals surface area contributed by atoms with Crippen molar-refractivity contribution in [2.75, 3.05) is 26.9 Å². The molecule has 2 unspecified atom stereocenters. The molecule has 0 saturated carbocycles. The normalized spacial score (nSPS) is 28.8. The van der Waals surface area contributed by atoms with Crippen LogP contribution >= 0.6 is 0 Å². The number of ether oxygens (including phenoxy) is 2. The minimum atomic E-state index is -1.42. The molecule has 15 heavy (non-hydrogen) atoms. The standard InChI is InChI=1S/C10H16O5/c1-7(5-14-2)10(9(12)13)6-15-4-3-8(10)11/h7H,3-6H2,1-2H3,(H,12,13). The van der Waals surface area contributed by atoms with E-state index in [1.54, 1.807) is 6.92 Å². The van der Waals surface area contributed by atoms with Gasteiger partial charge in [-0.1, -0.05) is 6.92 Å². The number of hydrogen-bond donors (Lipinski definition) is 1. The first-order valence-electron chi connectivity index (χ1n) is 4.89. The van der Waals surface area contributed by atoms with Crippen LogP contribution in [0.1, 0.15) is 13.3 Å². The van der Waals surface area contributed by atoms with Crippen LogP contribution < -0.4 is 0 Å². The van der Waals surface area contributed by atoms with E-state index < -0.39 is 11.4 Å². The Hall–Kier alpha value is -0.940. The number of Topliss-reactive ketones (excluding diaryl/α,β-unsaturated/α-hetero) is 1. The zero-order valence-corrected chi connectivity index (χ0v) is 8.99. The van der Waals surface area contributed by atoms with Gasteiger partial charge in [-0.05, 0) is 0 Å². The maximum atomic E-state index is 11.8. The van der Waals surface area contributed by atoms with Crippen LogP contribution in [0.3, 0.4) is 0 Å². The molecule has 0 spiro atoms. The van der Waals surface area contributed by atoms with E-state index in [2.05, 4.69) is 0 Å². The minimum absolute atomic E-state index is 0.0499. The summed E-state index contributed by atoms with van der Waals surface area (Å²) in [4.78, 5) is 23.0. The van der Waals surface area contributed by atoms with E-state index in [9.17, 15) is 14.7 Å². The lowest BCUT2D eigenvalue weighted by atomic mass is 9.72. The van der Waals surface area contributed by atoms with Crippen LogP contribution in [0.5, 0.6) is 0 Å². The second kappa shape index (κ2) is 4.72. The van der Waals surface area contributed by atoms with Crippen LogP contribution in [0.2, 0.25) is 0 Å². The molecule has 86 valence electrons. The molecule has 1 saturated heterocycles. The maximum Gasteiger partial charge on any atom is 0.319 e.